The molecule has 0 saturated carbocycles. The van der Waals surface area contributed by atoms with Crippen LogP contribution in [0.3, 0.4) is 0 Å². The summed E-state index contributed by atoms with van der Waals surface area (Å²) < 4.78 is 15.7. The SMILES string of the molecule is Cc1nn(CCO)c(C)c1CNC(C)c1c(F)cccc1Cl. The van der Waals surface area contributed by atoms with Gasteiger partial charge in [0.1, 0.15) is 5.82 Å². The van der Waals surface area contributed by atoms with Gasteiger partial charge in [-0.25, -0.2) is 4.39 Å². The summed E-state index contributed by atoms with van der Waals surface area (Å²) in [7, 11) is 0. The summed E-state index contributed by atoms with van der Waals surface area (Å²) in [5, 5.41) is 17.2. The van der Waals surface area contributed by atoms with Crippen molar-refractivity contribution in [3.63, 3.8) is 0 Å². The van der Waals surface area contributed by atoms with Gasteiger partial charge >= 0.3 is 0 Å². The first-order valence-corrected chi connectivity index (χ1v) is 7.64. The lowest BCUT2D eigenvalue weighted by molar-refractivity contribution is 0.267. The Balaban J connectivity index is 2.13. The van der Waals surface area contributed by atoms with Crippen LogP contribution in [0, 0.1) is 19.7 Å². The molecule has 22 heavy (non-hydrogen) atoms. The lowest BCUT2D eigenvalue weighted by atomic mass is 10.1. The van der Waals surface area contributed by atoms with E-state index >= 15 is 0 Å². The highest BCUT2D eigenvalue weighted by Gasteiger charge is 2.16. The Bertz CT molecular complexity index is 637. The summed E-state index contributed by atoms with van der Waals surface area (Å²) in [6.07, 6.45) is 0. The maximum Gasteiger partial charge on any atom is 0.129 e. The number of halogens is 2. The third-order valence-electron chi connectivity index (χ3n) is 3.86. The third-order valence-corrected chi connectivity index (χ3v) is 4.19. The van der Waals surface area contributed by atoms with Crippen LogP contribution in [-0.4, -0.2) is 21.5 Å². The lowest BCUT2D eigenvalue weighted by Gasteiger charge is -2.16. The van der Waals surface area contributed by atoms with Crippen molar-refractivity contribution in [3.05, 3.63) is 51.6 Å². The number of aryl methyl sites for hydroxylation is 1. The molecule has 0 radical (unpaired) electrons. The van der Waals surface area contributed by atoms with Gasteiger partial charge in [-0.1, -0.05) is 17.7 Å². The molecule has 2 aromatic rings. The number of benzene rings is 1. The van der Waals surface area contributed by atoms with Crippen LogP contribution in [0.4, 0.5) is 4.39 Å². The first-order valence-electron chi connectivity index (χ1n) is 7.26. The Morgan fingerprint density at radius 3 is 2.77 bits per heavy atom. The first-order chi connectivity index (χ1) is 10.5. The standard InChI is InChI=1S/C16H21ClFN3O/c1-10-13(12(3)21(20-10)7-8-22)9-19-11(2)16-14(17)5-4-6-15(16)18/h4-6,11,19,22H,7-9H2,1-3H3. The van der Waals surface area contributed by atoms with Crippen LogP contribution in [-0.2, 0) is 13.1 Å². The summed E-state index contributed by atoms with van der Waals surface area (Å²) >= 11 is 6.09. The van der Waals surface area contributed by atoms with Gasteiger partial charge in [0.05, 0.1) is 18.8 Å². The summed E-state index contributed by atoms with van der Waals surface area (Å²) in [6, 6.07) is 4.48. The molecule has 1 aromatic carbocycles. The van der Waals surface area contributed by atoms with Crippen LogP contribution in [0.25, 0.3) is 0 Å². The maximum atomic E-state index is 13.9. The molecule has 0 fully saturated rings. The average molecular weight is 326 g/mol. The highest BCUT2D eigenvalue weighted by atomic mass is 35.5. The Hall–Kier alpha value is -1.43. The van der Waals surface area contributed by atoms with E-state index in [0.29, 0.717) is 23.7 Å². The number of nitrogens with zero attached hydrogens (tertiary/aromatic N) is 2. The predicted octanol–water partition coefficient (Wildman–Crippen LogP) is 3.14. The quantitative estimate of drug-likeness (QED) is 0.858. The van der Waals surface area contributed by atoms with E-state index in [9.17, 15) is 4.39 Å². The van der Waals surface area contributed by atoms with Crippen molar-refractivity contribution in [1.29, 1.82) is 0 Å². The van der Waals surface area contributed by atoms with E-state index in [2.05, 4.69) is 10.4 Å². The van der Waals surface area contributed by atoms with Crippen molar-refractivity contribution in [2.75, 3.05) is 6.61 Å². The van der Waals surface area contributed by atoms with E-state index < -0.39 is 0 Å². The molecule has 6 heteroatoms. The Kier molecular flexibility index (Phi) is 5.56. The minimum Gasteiger partial charge on any atom is -0.394 e. The predicted molar refractivity (Wildman–Crippen MR) is 85.5 cm³/mol. The fraction of sp³-hybridized carbons (Fsp3) is 0.438. The highest BCUT2D eigenvalue weighted by Crippen LogP contribution is 2.26. The van der Waals surface area contributed by atoms with Crippen molar-refractivity contribution in [3.8, 4) is 0 Å². The van der Waals surface area contributed by atoms with Crippen LogP contribution in [0.5, 0.6) is 0 Å². The summed E-state index contributed by atoms with van der Waals surface area (Å²) in [5.74, 6) is -0.308. The fourth-order valence-electron chi connectivity index (χ4n) is 2.58. The molecule has 0 aliphatic heterocycles. The van der Waals surface area contributed by atoms with Gasteiger partial charge in [-0.3, -0.25) is 4.68 Å². The highest BCUT2D eigenvalue weighted by molar-refractivity contribution is 6.31. The molecule has 0 amide bonds. The third kappa shape index (κ3) is 3.48. The molecule has 1 unspecified atom stereocenters. The monoisotopic (exact) mass is 325 g/mol. The molecule has 0 aliphatic rings. The Labute approximate surface area is 134 Å². The van der Waals surface area contributed by atoms with Gasteiger partial charge in [0.2, 0.25) is 0 Å². The van der Waals surface area contributed by atoms with Gasteiger partial charge in [0, 0.05) is 34.4 Å². The fourth-order valence-corrected chi connectivity index (χ4v) is 2.91. The van der Waals surface area contributed by atoms with Crippen molar-refractivity contribution in [1.82, 2.24) is 15.1 Å². The molecular weight excluding hydrogens is 305 g/mol. The number of aromatic nitrogens is 2. The number of rotatable bonds is 6. The van der Waals surface area contributed by atoms with Crippen molar-refractivity contribution in [2.45, 2.75) is 39.9 Å². The lowest BCUT2D eigenvalue weighted by Crippen LogP contribution is -2.20. The molecule has 0 aliphatic carbocycles. The van der Waals surface area contributed by atoms with Crippen LogP contribution in [0.15, 0.2) is 18.2 Å². The second-order valence-corrected chi connectivity index (χ2v) is 5.74. The van der Waals surface area contributed by atoms with Gasteiger partial charge in [-0.05, 0) is 32.9 Å². The number of aliphatic hydroxyl groups excluding tert-OH is 1. The number of nitrogens with one attached hydrogen (secondary N) is 1. The smallest absolute Gasteiger partial charge is 0.129 e. The van der Waals surface area contributed by atoms with Crippen LogP contribution < -0.4 is 5.32 Å². The Morgan fingerprint density at radius 1 is 1.41 bits per heavy atom. The van der Waals surface area contributed by atoms with E-state index in [1.807, 2.05) is 20.8 Å². The zero-order chi connectivity index (χ0) is 16.3. The minimum absolute atomic E-state index is 0.0517. The number of aliphatic hydroxyl groups is 1. The van der Waals surface area contributed by atoms with Crippen molar-refractivity contribution in [2.24, 2.45) is 0 Å². The molecule has 0 spiro atoms. The average Bonchev–Trinajstić information content (AvgIpc) is 2.72. The minimum atomic E-state index is -0.308. The first kappa shape index (κ1) is 16.9. The van der Waals surface area contributed by atoms with Crippen molar-refractivity contribution < 1.29 is 9.50 Å². The van der Waals surface area contributed by atoms with Crippen LogP contribution in [0.1, 0.15) is 35.5 Å². The molecule has 1 aromatic heterocycles. The van der Waals surface area contributed by atoms with Gasteiger partial charge in [-0.2, -0.15) is 5.10 Å². The van der Waals surface area contributed by atoms with Gasteiger partial charge in [-0.15, -0.1) is 0 Å². The molecule has 120 valence electrons. The van der Waals surface area contributed by atoms with E-state index in [0.717, 1.165) is 17.0 Å². The maximum absolute atomic E-state index is 13.9. The van der Waals surface area contributed by atoms with Crippen LogP contribution in [0.2, 0.25) is 5.02 Å². The molecule has 2 N–H and O–H groups in total. The topological polar surface area (TPSA) is 50.1 Å². The molecular formula is C16H21ClFN3O. The normalized spacial score (nSPS) is 12.6. The van der Waals surface area contributed by atoms with E-state index in [4.69, 9.17) is 16.7 Å². The molecule has 4 nitrogen and oxygen atoms in total. The van der Waals surface area contributed by atoms with E-state index in [-0.39, 0.29) is 18.5 Å². The summed E-state index contributed by atoms with van der Waals surface area (Å²) in [4.78, 5) is 0. The second kappa shape index (κ2) is 7.22. The van der Waals surface area contributed by atoms with Crippen LogP contribution >= 0.6 is 11.6 Å². The van der Waals surface area contributed by atoms with Gasteiger partial charge in [0.25, 0.3) is 0 Å². The molecule has 0 bridgehead atoms. The molecule has 0 saturated heterocycles. The van der Waals surface area contributed by atoms with Crippen molar-refractivity contribution >= 4 is 11.6 Å². The summed E-state index contributed by atoms with van der Waals surface area (Å²) in [6.45, 7) is 6.87. The number of hydrogen-bond donors (Lipinski definition) is 2. The van der Waals surface area contributed by atoms with E-state index in [1.165, 1.54) is 6.07 Å². The molecule has 1 heterocycles. The van der Waals surface area contributed by atoms with Gasteiger partial charge in [0.15, 0.2) is 0 Å². The molecule has 1 atom stereocenters. The second-order valence-electron chi connectivity index (χ2n) is 5.33. The van der Waals surface area contributed by atoms with E-state index in [1.54, 1.807) is 16.8 Å². The largest absolute Gasteiger partial charge is 0.394 e. The zero-order valence-corrected chi connectivity index (χ0v) is 13.8. The summed E-state index contributed by atoms with van der Waals surface area (Å²) in [5.41, 5.74) is 3.45. The molecule has 2 rings (SSSR count). The Morgan fingerprint density at radius 2 is 2.14 bits per heavy atom. The number of hydrogen-bond acceptors (Lipinski definition) is 3. The van der Waals surface area contributed by atoms with Gasteiger partial charge < -0.3 is 10.4 Å². The zero-order valence-electron chi connectivity index (χ0n) is 13.0.